The van der Waals surface area contributed by atoms with Crippen molar-refractivity contribution in [2.45, 2.75) is 0 Å². The van der Waals surface area contributed by atoms with Crippen LogP contribution in [0.25, 0.3) is 82.4 Å². The Hall–Kier alpha value is -5.94. The summed E-state index contributed by atoms with van der Waals surface area (Å²) in [5.74, 6) is 0. The van der Waals surface area contributed by atoms with E-state index in [2.05, 4.69) is 134 Å². The topological polar surface area (TPSA) is 40.1 Å². The van der Waals surface area contributed by atoms with Gasteiger partial charge in [-0.1, -0.05) is 60.7 Å². The lowest BCUT2D eigenvalue weighted by atomic mass is 10.0. The maximum Gasteiger partial charge on any atom is 0.163 e. The third-order valence-corrected chi connectivity index (χ3v) is 8.91. The Bertz CT molecular complexity index is 2710. The molecule has 5 heterocycles. The van der Waals surface area contributed by atoms with E-state index in [4.69, 9.17) is 4.98 Å². The minimum Gasteiger partial charge on any atom is -0.309 e. The maximum atomic E-state index is 4.74. The van der Waals surface area contributed by atoms with Crippen LogP contribution in [0, 0.1) is 0 Å². The van der Waals surface area contributed by atoms with E-state index >= 15 is 0 Å². The highest BCUT2D eigenvalue weighted by Crippen LogP contribution is 2.41. The first-order valence-corrected chi connectivity index (χ1v) is 14.5. The smallest absolute Gasteiger partial charge is 0.163 e. The van der Waals surface area contributed by atoms with Gasteiger partial charge in [0, 0.05) is 62.3 Å². The van der Waals surface area contributed by atoms with E-state index in [0.29, 0.717) is 0 Å². The fraction of sp³-hybridized carbons (Fsp3) is 0. The van der Waals surface area contributed by atoms with E-state index in [9.17, 15) is 0 Å². The van der Waals surface area contributed by atoms with Gasteiger partial charge in [-0.25, -0.2) is 4.98 Å². The lowest BCUT2D eigenvalue weighted by Gasteiger charge is -2.11. The van der Waals surface area contributed by atoms with Gasteiger partial charge in [-0.3, -0.25) is 9.38 Å². The Morgan fingerprint density at radius 3 is 1.67 bits per heavy atom. The highest BCUT2D eigenvalue weighted by Gasteiger charge is 2.20. The van der Waals surface area contributed by atoms with Crippen molar-refractivity contribution in [3.63, 3.8) is 0 Å². The fourth-order valence-electron chi connectivity index (χ4n) is 7.11. The van der Waals surface area contributed by atoms with Crippen LogP contribution >= 0.6 is 0 Å². The second-order valence-electron chi connectivity index (χ2n) is 11.2. The Kier molecular flexibility index (Phi) is 4.39. The van der Waals surface area contributed by atoms with Crippen LogP contribution in [0.2, 0.25) is 0 Å². The summed E-state index contributed by atoms with van der Waals surface area (Å²) in [4.78, 5) is 9.43. The lowest BCUT2D eigenvalue weighted by Crippen LogP contribution is -1.96. The summed E-state index contributed by atoms with van der Waals surface area (Å²) in [5, 5.41) is 7.22. The molecule has 0 bridgehead atoms. The number of imidazole rings is 1. The van der Waals surface area contributed by atoms with Crippen molar-refractivity contribution in [3.8, 4) is 11.4 Å². The molecular weight excluding hydrogens is 526 g/mol. The fourth-order valence-corrected chi connectivity index (χ4v) is 7.11. The second-order valence-corrected chi connectivity index (χ2v) is 11.2. The van der Waals surface area contributed by atoms with Gasteiger partial charge in [0.15, 0.2) is 5.65 Å². The van der Waals surface area contributed by atoms with Gasteiger partial charge >= 0.3 is 0 Å². The van der Waals surface area contributed by atoms with Crippen LogP contribution < -0.4 is 0 Å². The lowest BCUT2D eigenvalue weighted by molar-refractivity contribution is 1.16. The van der Waals surface area contributed by atoms with Crippen LogP contribution in [0.5, 0.6) is 0 Å². The summed E-state index contributed by atoms with van der Waals surface area (Å²) in [6.07, 6.45) is 5.75. The van der Waals surface area contributed by atoms with E-state index in [0.717, 1.165) is 39.0 Å². The molecule has 200 valence electrons. The molecule has 0 saturated heterocycles. The number of nitrogens with zero attached hydrogens (tertiary/aromatic N) is 5. The van der Waals surface area contributed by atoms with Crippen molar-refractivity contribution >= 4 is 71.1 Å². The maximum absolute atomic E-state index is 4.74. The van der Waals surface area contributed by atoms with Crippen molar-refractivity contribution in [3.05, 3.63) is 140 Å². The zero-order valence-electron chi connectivity index (χ0n) is 23.0. The number of fused-ring (bicyclic) bond motifs is 12. The normalized spacial score (nSPS) is 12.2. The number of hydrogen-bond donors (Lipinski definition) is 0. The first kappa shape index (κ1) is 22.7. The SMILES string of the molecule is c1ccc(-n2c3ccccc3c3cc4c5cc6c7cccnc7c7nccn7c6cc5n(-c5ccccc5)c4cc32)cc1. The predicted molar refractivity (Wildman–Crippen MR) is 177 cm³/mol. The molecule has 5 aromatic carbocycles. The molecular formula is C38H23N5. The molecule has 0 fully saturated rings. The van der Waals surface area contributed by atoms with E-state index in [-0.39, 0.29) is 0 Å². The van der Waals surface area contributed by atoms with Crippen LogP contribution in [0.15, 0.2) is 140 Å². The van der Waals surface area contributed by atoms with Crippen molar-refractivity contribution < 1.29 is 0 Å². The quantitative estimate of drug-likeness (QED) is 0.202. The van der Waals surface area contributed by atoms with Crippen LogP contribution in [0.4, 0.5) is 0 Å². The Balaban J connectivity index is 1.45. The van der Waals surface area contributed by atoms with Crippen LogP contribution in [0.1, 0.15) is 0 Å². The van der Waals surface area contributed by atoms with Crippen LogP contribution in [0.3, 0.4) is 0 Å². The summed E-state index contributed by atoms with van der Waals surface area (Å²) in [6, 6.07) is 43.7. The molecule has 5 heteroatoms. The standard InChI is InChI=1S/C38H23N5/c1-3-10-24(11-4-1)42-32-16-8-7-14-26(32)28-20-30-31-21-29-27-15-9-17-39-37(27)38-40-18-19-41(38)33(29)22-34(31)43(36(30)23-35(28)42)25-12-5-2-6-13-25/h1-23H. The molecule has 5 nitrogen and oxygen atoms in total. The molecule has 0 spiro atoms. The van der Waals surface area contributed by atoms with Gasteiger partial charge in [-0.05, 0) is 60.7 Å². The largest absolute Gasteiger partial charge is 0.309 e. The van der Waals surface area contributed by atoms with Gasteiger partial charge in [-0.2, -0.15) is 0 Å². The Morgan fingerprint density at radius 1 is 0.395 bits per heavy atom. The van der Waals surface area contributed by atoms with Gasteiger partial charge in [0.05, 0.1) is 27.6 Å². The average Bonchev–Trinajstić information content (AvgIpc) is 3.77. The number of para-hydroxylation sites is 3. The molecule has 0 radical (unpaired) electrons. The van der Waals surface area contributed by atoms with Gasteiger partial charge in [0.25, 0.3) is 0 Å². The molecule has 10 rings (SSSR count). The summed E-state index contributed by atoms with van der Waals surface area (Å²) in [7, 11) is 0. The molecule has 0 aliphatic carbocycles. The molecule has 0 saturated carbocycles. The predicted octanol–water partition coefficient (Wildman–Crippen LogP) is 9.23. The van der Waals surface area contributed by atoms with Crippen molar-refractivity contribution in [1.82, 2.24) is 23.5 Å². The zero-order chi connectivity index (χ0) is 28.1. The van der Waals surface area contributed by atoms with E-state index in [1.54, 1.807) is 0 Å². The van der Waals surface area contributed by atoms with Crippen molar-refractivity contribution in [2.24, 2.45) is 0 Å². The number of hydrogen-bond acceptors (Lipinski definition) is 2. The molecule has 0 N–H and O–H groups in total. The Morgan fingerprint density at radius 2 is 0.953 bits per heavy atom. The molecule has 0 unspecified atom stereocenters. The number of benzene rings is 5. The number of aromatic nitrogens is 5. The highest BCUT2D eigenvalue weighted by atomic mass is 15.0. The Labute approximate surface area is 245 Å². The van der Waals surface area contributed by atoms with Crippen LogP contribution in [-0.4, -0.2) is 23.5 Å². The van der Waals surface area contributed by atoms with Gasteiger partial charge in [0.1, 0.15) is 5.52 Å². The number of pyridine rings is 2. The molecule has 0 amide bonds. The van der Waals surface area contributed by atoms with E-state index in [1.165, 1.54) is 43.5 Å². The first-order valence-electron chi connectivity index (χ1n) is 14.5. The summed E-state index contributed by atoms with van der Waals surface area (Å²) in [6.45, 7) is 0. The zero-order valence-corrected chi connectivity index (χ0v) is 23.0. The van der Waals surface area contributed by atoms with Crippen LogP contribution in [-0.2, 0) is 0 Å². The molecule has 0 atom stereocenters. The third-order valence-electron chi connectivity index (χ3n) is 8.91. The molecule has 0 aliphatic heterocycles. The molecule has 10 aromatic rings. The van der Waals surface area contributed by atoms with Gasteiger partial charge in [0.2, 0.25) is 0 Å². The average molecular weight is 550 g/mol. The van der Waals surface area contributed by atoms with E-state index < -0.39 is 0 Å². The van der Waals surface area contributed by atoms with Crippen molar-refractivity contribution in [2.75, 3.05) is 0 Å². The minimum atomic E-state index is 0.874. The molecule has 5 aromatic heterocycles. The summed E-state index contributed by atoms with van der Waals surface area (Å²) in [5.41, 5.74) is 9.93. The number of rotatable bonds is 2. The third kappa shape index (κ3) is 3.00. The summed E-state index contributed by atoms with van der Waals surface area (Å²) >= 11 is 0. The molecule has 0 aliphatic rings. The first-order chi connectivity index (χ1) is 21.3. The minimum absolute atomic E-state index is 0.874. The highest BCUT2D eigenvalue weighted by molar-refractivity contribution is 6.22. The van der Waals surface area contributed by atoms with Gasteiger partial charge < -0.3 is 9.13 Å². The summed E-state index contributed by atoms with van der Waals surface area (Å²) < 4.78 is 6.97. The second kappa shape index (κ2) is 8.30. The van der Waals surface area contributed by atoms with Crippen molar-refractivity contribution in [1.29, 1.82) is 0 Å². The van der Waals surface area contributed by atoms with Gasteiger partial charge in [-0.15, -0.1) is 0 Å². The molecule has 43 heavy (non-hydrogen) atoms. The monoisotopic (exact) mass is 549 g/mol. The van der Waals surface area contributed by atoms with E-state index in [1.807, 2.05) is 24.7 Å².